The predicted molar refractivity (Wildman–Crippen MR) is 93.8 cm³/mol. The maximum Gasteiger partial charge on any atom is 0.272 e. The van der Waals surface area contributed by atoms with Crippen molar-refractivity contribution in [3.05, 3.63) is 30.3 Å². The Morgan fingerprint density at radius 2 is 1.54 bits per heavy atom. The lowest BCUT2D eigenvalue weighted by molar-refractivity contribution is 0.564. The van der Waals surface area contributed by atoms with Gasteiger partial charge in [0.2, 0.25) is 9.84 Å². The summed E-state index contributed by atoms with van der Waals surface area (Å²) in [6.45, 7) is 2.20. The molecular formula is C17H26N4O2S. The molecule has 0 saturated heterocycles. The molecule has 0 bridgehead atoms. The second-order valence-electron chi connectivity index (χ2n) is 6.00. The number of rotatable bonds is 11. The highest BCUT2D eigenvalue weighted by Crippen LogP contribution is 2.15. The van der Waals surface area contributed by atoms with E-state index in [0.717, 1.165) is 12.8 Å². The molecule has 24 heavy (non-hydrogen) atoms. The van der Waals surface area contributed by atoms with Gasteiger partial charge in [0.1, 0.15) is 0 Å². The van der Waals surface area contributed by atoms with Gasteiger partial charge in [-0.1, -0.05) is 75.2 Å². The molecule has 0 N–H and O–H groups in total. The van der Waals surface area contributed by atoms with E-state index in [0.29, 0.717) is 12.1 Å². The van der Waals surface area contributed by atoms with Gasteiger partial charge in [0.25, 0.3) is 5.16 Å². The third kappa shape index (κ3) is 5.40. The summed E-state index contributed by atoms with van der Waals surface area (Å²) in [4.78, 5) is 0. The van der Waals surface area contributed by atoms with E-state index in [1.54, 1.807) is 12.1 Å². The summed E-state index contributed by atoms with van der Waals surface area (Å²) < 4.78 is 26.3. The molecule has 1 heterocycles. The van der Waals surface area contributed by atoms with Crippen LogP contribution in [0, 0.1) is 0 Å². The van der Waals surface area contributed by atoms with Gasteiger partial charge in [-0.2, -0.15) is 4.68 Å². The molecule has 132 valence electrons. The molecule has 0 amide bonds. The summed E-state index contributed by atoms with van der Waals surface area (Å²) >= 11 is 0. The smallest absolute Gasteiger partial charge is 0.220 e. The predicted octanol–water partition coefficient (Wildman–Crippen LogP) is 3.58. The molecule has 0 fully saturated rings. The number of benzene rings is 1. The van der Waals surface area contributed by atoms with Gasteiger partial charge in [-0.3, -0.25) is 0 Å². The molecule has 0 saturated carbocycles. The van der Waals surface area contributed by atoms with Crippen molar-refractivity contribution in [3.8, 4) is 5.69 Å². The van der Waals surface area contributed by atoms with Crippen molar-refractivity contribution in [1.82, 2.24) is 20.2 Å². The largest absolute Gasteiger partial charge is 0.272 e. The van der Waals surface area contributed by atoms with E-state index in [-0.39, 0.29) is 10.9 Å². The third-order valence-electron chi connectivity index (χ3n) is 3.99. The van der Waals surface area contributed by atoms with Crippen LogP contribution in [-0.2, 0) is 9.84 Å². The van der Waals surface area contributed by atoms with Crippen LogP contribution in [0.2, 0.25) is 0 Å². The van der Waals surface area contributed by atoms with Gasteiger partial charge in [0, 0.05) is 0 Å². The van der Waals surface area contributed by atoms with Crippen LogP contribution in [0.3, 0.4) is 0 Å². The van der Waals surface area contributed by atoms with E-state index < -0.39 is 9.84 Å². The van der Waals surface area contributed by atoms with Gasteiger partial charge in [-0.15, -0.1) is 0 Å². The van der Waals surface area contributed by atoms with Crippen molar-refractivity contribution in [1.29, 1.82) is 0 Å². The van der Waals surface area contributed by atoms with E-state index >= 15 is 0 Å². The van der Waals surface area contributed by atoms with Crippen LogP contribution < -0.4 is 0 Å². The monoisotopic (exact) mass is 350 g/mol. The quantitative estimate of drug-likeness (QED) is 0.579. The Morgan fingerprint density at radius 3 is 2.21 bits per heavy atom. The molecule has 0 spiro atoms. The van der Waals surface area contributed by atoms with Crippen LogP contribution in [0.4, 0.5) is 0 Å². The Balaban J connectivity index is 1.85. The second kappa shape index (κ2) is 9.52. The number of hydrogen-bond acceptors (Lipinski definition) is 5. The van der Waals surface area contributed by atoms with Gasteiger partial charge < -0.3 is 0 Å². The van der Waals surface area contributed by atoms with Crippen LogP contribution in [0.5, 0.6) is 0 Å². The highest BCUT2D eigenvalue weighted by molar-refractivity contribution is 7.91. The van der Waals surface area contributed by atoms with Gasteiger partial charge in [-0.25, -0.2) is 8.42 Å². The van der Waals surface area contributed by atoms with Crippen molar-refractivity contribution < 1.29 is 8.42 Å². The van der Waals surface area contributed by atoms with Gasteiger partial charge in [0.15, 0.2) is 0 Å². The van der Waals surface area contributed by atoms with Crippen molar-refractivity contribution in [2.24, 2.45) is 0 Å². The number of hydrogen-bond donors (Lipinski definition) is 0. The lowest BCUT2D eigenvalue weighted by atomic mass is 10.1. The topological polar surface area (TPSA) is 77.7 Å². The first-order valence-corrected chi connectivity index (χ1v) is 10.4. The summed E-state index contributed by atoms with van der Waals surface area (Å²) in [6, 6.07) is 9.08. The molecule has 0 radical (unpaired) electrons. The highest BCUT2D eigenvalue weighted by atomic mass is 32.2. The lowest BCUT2D eigenvalue weighted by Crippen LogP contribution is -2.14. The minimum Gasteiger partial charge on any atom is -0.220 e. The van der Waals surface area contributed by atoms with Crippen LogP contribution in [0.15, 0.2) is 35.5 Å². The summed E-state index contributed by atoms with van der Waals surface area (Å²) in [5.74, 6) is 0.0924. The van der Waals surface area contributed by atoms with Gasteiger partial charge in [0.05, 0.1) is 11.4 Å². The Bertz CT molecular complexity index is 698. The van der Waals surface area contributed by atoms with Crippen molar-refractivity contribution in [2.75, 3.05) is 5.75 Å². The first-order valence-electron chi connectivity index (χ1n) is 8.71. The van der Waals surface area contributed by atoms with Crippen LogP contribution in [0.25, 0.3) is 5.69 Å². The normalized spacial score (nSPS) is 11.7. The minimum absolute atomic E-state index is 0.0726. The number of para-hydroxylation sites is 1. The number of nitrogens with zero attached hydrogens (tertiary/aromatic N) is 4. The summed E-state index contributed by atoms with van der Waals surface area (Å²) in [5, 5.41) is 11.0. The number of unbranched alkanes of at least 4 members (excludes halogenated alkanes) is 7. The second-order valence-corrected chi connectivity index (χ2v) is 8.01. The average molecular weight is 350 g/mol. The maximum absolute atomic E-state index is 12.5. The Hall–Kier alpha value is -1.76. The Kier molecular flexibility index (Phi) is 7.36. The molecule has 0 aliphatic rings. The average Bonchev–Trinajstić information content (AvgIpc) is 3.09. The Labute approximate surface area is 144 Å². The first kappa shape index (κ1) is 18.6. The molecule has 1 aromatic carbocycles. The van der Waals surface area contributed by atoms with Crippen molar-refractivity contribution in [2.45, 2.75) is 63.4 Å². The van der Waals surface area contributed by atoms with Gasteiger partial charge in [-0.05, 0) is 29.0 Å². The summed E-state index contributed by atoms with van der Waals surface area (Å²) in [6.07, 6.45) is 8.90. The molecule has 0 aliphatic heterocycles. The van der Waals surface area contributed by atoms with Crippen LogP contribution in [-0.4, -0.2) is 34.4 Å². The fraction of sp³-hybridized carbons (Fsp3) is 0.588. The third-order valence-corrected chi connectivity index (χ3v) is 5.62. The molecule has 6 nitrogen and oxygen atoms in total. The number of sulfone groups is 1. The zero-order chi connectivity index (χ0) is 17.3. The molecule has 2 rings (SSSR count). The number of tetrazole rings is 1. The number of aromatic nitrogens is 4. The van der Waals surface area contributed by atoms with Crippen molar-refractivity contribution in [3.63, 3.8) is 0 Å². The Morgan fingerprint density at radius 1 is 0.917 bits per heavy atom. The van der Waals surface area contributed by atoms with E-state index in [4.69, 9.17) is 0 Å². The first-order chi connectivity index (χ1) is 11.6. The molecular weight excluding hydrogens is 324 g/mol. The highest BCUT2D eigenvalue weighted by Gasteiger charge is 2.23. The van der Waals surface area contributed by atoms with Crippen LogP contribution in [0.1, 0.15) is 58.3 Å². The molecule has 0 unspecified atom stereocenters. The SMILES string of the molecule is CCCCCCCCCCS(=O)(=O)c1nnnn1-c1ccccc1. The summed E-state index contributed by atoms with van der Waals surface area (Å²) in [7, 11) is -3.47. The molecule has 2 aromatic rings. The van der Waals surface area contributed by atoms with Crippen LogP contribution >= 0.6 is 0 Å². The molecule has 1 aromatic heterocycles. The fourth-order valence-corrected chi connectivity index (χ4v) is 3.95. The fourth-order valence-electron chi connectivity index (χ4n) is 2.62. The van der Waals surface area contributed by atoms with E-state index in [1.165, 1.54) is 36.8 Å². The molecule has 7 heteroatoms. The minimum atomic E-state index is -3.47. The van der Waals surface area contributed by atoms with E-state index in [2.05, 4.69) is 22.4 Å². The van der Waals surface area contributed by atoms with E-state index in [9.17, 15) is 8.42 Å². The zero-order valence-corrected chi connectivity index (χ0v) is 15.1. The maximum atomic E-state index is 12.5. The zero-order valence-electron chi connectivity index (χ0n) is 14.3. The van der Waals surface area contributed by atoms with E-state index in [1.807, 2.05) is 18.2 Å². The molecule has 0 atom stereocenters. The van der Waals surface area contributed by atoms with Crippen molar-refractivity contribution >= 4 is 9.84 Å². The lowest BCUT2D eigenvalue weighted by Gasteiger charge is -2.06. The van der Waals surface area contributed by atoms with Gasteiger partial charge >= 0.3 is 0 Å². The summed E-state index contributed by atoms with van der Waals surface area (Å²) in [5.41, 5.74) is 0.650. The molecule has 0 aliphatic carbocycles. The standard InChI is InChI=1S/C17H26N4O2S/c1-2-3-4-5-6-7-8-12-15-24(22,23)17-18-19-20-21(17)16-13-10-9-11-14-16/h9-11,13-14H,2-8,12,15H2,1H3.